The molecule has 0 amide bonds. The van der Waals surface area contributed by atoms with E-state index >= 15 is 0 Å². The van der Waals surface area contributed by atoms with Crippen molar-refractivity contribution < 1.29 is 42.1 Å². The van der Waals surface area contributed by atoms with Gasteiger partial charge in [0.25, 0.3) is 0 Å². The topological polar surface area (TPSA) is 77.3 Å². The van der Waals surface area contributed by atoms with Crippen LogP contribution in [0.1, 0.15) is 11.1 Å². The molecule has 0 fully saturated rings. The van der Waals surface area contributed by atoms with E-state index in [1.165, 1.54) is 11.1 Å². The molecule has 0 saturated carbocycles. The molecule has 0 aliphatic heterocycles. The van der Waals surface area contributed by atoms with Crippen molar-refractivity contribution in [2.24, 2.45) is 0 Å². The van der Waals surface area contributed by atoms with Crippen molar-refractivity contribution in [1.29, 1.82) is 0 Å². The summed E-state index contributed by atoms with van der Waals surface area (Å²) in [6.07, 6.45) is 7.07. The molecular weight excluding hydrogens is 995 g/mol. The molecule has 6 heterocycles. The van der Waals surface area contributed by atoms with E-state index in [1.807, 2.05) is 115 Å². The third-order valence-electron chi connectivity index (χ3n) is 6.56. The molecule has 0 N–H and O–H groups in total. The summed E-state index contributed by atoms with van der Waals surface area (Å²) in [4.78, 5) is 26.4. The number of hydrogen-bond donors (Lipinski definition) is 2. The van der Waals surface area contributed by atoms with E-state index in [0.29, 0.717) is 0 Å². The minimum absolute atomic E-state index is 0. The summed E-state index contributed by atoms with van der Waals surface area (Å²) < 4.78 is 0. The first-order valence-corrected chi connectivity index (χ1v) is 15.9. The Balaban J connectivity index is 0.000000200. The van der Waals surface area contributed by atoms with Crippen molar-refractivity contribution >= 4 is 25.3 Å². The Morgan fingerprint density at radius 2 is 0.604 bits per heavy atom. The first-order chi connectivity index (χ1) is 22.7. The molecule has 10 heteroatoms. The molecule has 0 bridgehead atoms. The van der Waals surface area contributed by atoms with Crippen LogP contribution in [0.2, 0.25) is 0 Å². The predicted octanol–water partition coefficient (Wildman–Crippen LogP) is 8.95. The number of hydrogen-bond acceptors (Lipinski definition) is 8. The second-order valence-corrected chi connectivity index (χ2v) is 10.4. The maximum Gasteiger partial charge on any atom is 2.00 e. The fourth-order valence-corrected chi connectivity index (χ4v) is 4.72. The van der Waals surface area contributed by atoms with E-state index < -0.39 is 0 Å². The van der Waals surface area contributed by atoms with Gasteiger partial charge in [-0.05, 0) is 83.9 Å². The SMILES string of the molecule is SCc1cccc(CS)c1.[Pt+2].[Pt+2].c1ccc(-c2cccc(-c3ccccn3)n2)nc1.c1ccc(-c2cccc(-c3ccccn3)n2)nc1. The number of benzene rings is 1. The van der Waals surface area contributed by atoms with Gasteiger partial charge in [-0.3, -0.25) is 19.9 Å². The number of aromatic nitrogens is 6. The standard InChI is InChI=1S/2C15H11N3.C8H10S2.2Pt/c2*1-3-10-16-12(6-1)14-8-5-9-15(18-14)13-7-2-4-11-17-13;9-5-7-2-1-3-8(4-7)6-10;;/h2*1-11H;1-4,9-10H,5-6H2;;/q;;;2*+2. The van der Waals surface area contributed by atoms with Gasteiger partial charge in [0, 0.05) is 36.3 Å². The molecule has 0 atom stereocenters. The third-order valence-corrected chi connectivity index (χ3v) is 7.29. The van der Waals surface area contributed by atoms with E-state index in [4.69, 9.17) is 0 Å². The first kappa shape index (κ1) is 38.6. The summed E-state index contributed by atoms with van der Waals surface area (Å²) in [6, 6.07) is 43.3. The minimum Gasteiger partial charge on any atom is -0.255 e. The Bertz CT molecular complexity index is 1670. The normalized spacial score (nSPS) is 9.71. The predicted molar refractivity (Wildman–Crippen MR) is 193 cm³/mol. The van der Waals surface area contributed by atoms with Crippen LogP contribution in [0.5, 0.6) is 0 Å². The molecule has 7 aromatic rings. The van der Waals surface area contributed by atoms with Gasteiger partial charge in [0.15, 0.2) is 0 Å². The van der Waals surface area contributed by atoms with E-state index in [2.05, 4.69) is 73.4 Å². The molecule has 0 unspecified atom stereocenters. The molecule has 6 nitrogen and oxygen atoms in total. The molecular formula is C38H32N6Pt2S2+4. The van der Waals surface area contributed by atoms with Crippen molar-refractivity contribution in [3.8, 4) is 45.6 Å². The van der Waals surface area contributed by atoms with E-state index in [9.17, 15) is 0 Å². The Kier molecular flexibility index (Phi) is 17.1. The van der Waals surface area contributed by atoms with Gasteiger partial charge in [-0.2, -0.15) is 25.3 Å². The number of pyridine rings is 6. The Morgan fingerprint density at radius 1 is 0.333 bits per heavy atom. The molecule has 0 saturated heterocycles. The van der Waals surface area contributed by atoms with Crippen LogP contribution in [0, 0.1) is 0 Å². The van der Waals surface area contributed by atoms with Crippen LogP contribution in [0.3, 0.4) is 0 Å². The molecule has 1 aromatic carbocycles. The molecule has 242 valence electrons. The van der Waals surface area contributed by atoms with Gasteiger partial charge in [-0.15, -0.1) is 0 Å². The summed E-state index contributed by atoms with van der Waals surface area (Å²) in [5.74, 6) is 1.61. The van der Waals surface area contributed by atoms with Crippen LogP contribution in [-0.4, -0.2) is 29.9 Å². The number of thiol groups is 2. The zero-order chi connectivity index (χ0) is 31.8. The Hall–Kier alpha value is -3.80. The third kappa shape index (κ3) is 11.7. The second kappa shape index (κ2) is 21.2. The van der Waals surface area contributed by atoms with Crippen molar-refractivity contribution in [3.05, 3.63) is 169 Å². The summed E-state index contributed by atoms with van der Waals surface area (Å²) in [5, 5.41) is 0. The summed E-state index contributed by atoms with van der Waals surface area (Å²) in [7, 11) is 0. The average Bonchev–Trinajstić information content (AvgIpc) is 3.17. The molecule has 7 rings (SSSR count). The van der Waals surface area contributed by atoms with Gasteiger partial charge in [-0.1, -0.05) is 60.7 Å². The largest absolute Gasteiger partial charge is 2.00 e. The zero-order valence-electron chi connectivity index (χ0n) is 25.6. The molecule has 0 aliphatic carbocycles. The van der Waals surface area contributed by atoms with Gasteiger partial charge < -0.3 is 0 Å². The maximum atomic E-state index is 4.59. The number of rotatable bonds is 6. The van der Waals surface area contributed by atoms with Crippen LogP contribution in [0.15, 0.2) is 158 Å². The molecule has 6 aromatic heterocycles. The van der Waals surface area contributed by atoms with Crippen molar-refractivity contribution in [2.45, 2.75) is 11.5 Å². The summed E-state index contributed by atoms with van der Waals surface area (Å²) in [5.41, 5.74) is 9.44. The van der Waals surface area contributed by atoms with Crippen LogP contribution < -0.4 is 0 Å². The fourth-order valence-electron chi connectivity index (χ4n) is 4.32. The van der Waals surface area contributed by atoms with Crippen LogP contribution in [-0.2, 0) is 53.6 Å². The van der Waals surface area contributed by atoms with Gasteiger partial charge in [0.2, 0.25) is 0 Å². The monoisotopic (exact) mass is 1030 g/mol. The molecule has 48 heavy (non-hydrogen) atoms. The van der Waals surface area contributed by atoms with Crippen LogP contribution in [0.25, 0.3) is 45.6 Å². The Labute approximate surface area is 321 Å². The summed E-state index contributed by atoms with van der Waals surface area (Å²) in [6.45, 7) is 0. The number of nitrogens with zero attached hydrogens (tertiary/aromatic N) is 6. The average molecular weight is 1030 g/mol. The van der Waals surface area contributed by atoms with Crippen LogP contribution in [0.4, 0.5) is 0 Å². The smallest absolute Gasteiger partial charge is 0.255 e. The van der Waals surface area contributed by atoms with Crippen LogP contribution >= 0.6 is 25.3 Å². The Morgan fingerprint density at radius 3 is 0.854 bits per heavy atom. The fraction of sp³-hybridized carbons (Fsp3) is 0.0526. The van der Waals surface area contributed by atoms with Crippen molar-refractivity contribution in [1.82, 2.24) is 29.9 Å². The van der Waals surface area contributed by atoms with Gasteiger partial charge >= 0.3 is 42.1 Å². The van der Waals surface area contributed by atoms with E-state index in [-0.39, 0.29) is 42.1 Å². The van der Waals surface area contributed by atoms with Gasteiger partial charge in [-0.25, -0.2) is 9.97 Å². The van der Waals surface area contributed by atoms with Gasteiger partial charge in [0.1, 0.15) is 0 Å². The minimum atomic E-state index is 0. The second-order valence-electron chi connectivity index (χ2n) is 9.81. The first-order valence-electron chi connectivity index (χ1n) is 14.6. The molecule has 0 spiro atoms. The van der Waals surface area contributed by atoms with Crippen molar-refractivity contribution in [3.63, 3.8) is 0 Å². The molecule has 0 aliphatic rings. The van der Waals surface area contributed by atoms with E-state index in [1.54, 1.807) is 24.8 Å². The zero-order valence-corrected chi connectivity index (χ0v) is 32.0. The van der Waals surface area contributed by atoms with Gasteiger partial charge in [0.05, 0.1) is 45.6 Å². The molecule has 0 radical (unpaired) electrons. The maximum absolute atomic E-state index is 4.59. The van der Waals surface area contributed by atoms with Crippen molar-refractivity contribution in [2.75, 3.05) is 0 Å². The quantitative estimate of drug-likeness (QED) is 0.162. The summed E-state index contributed by atoms with van der Waals surface area (Å²) >= 11 is 8.34. The van der Waals surface area contributed by atoms with E-state index in [0.717, 1.165) is 57.1 Å².